The van der Waals surface area contributed by atoms with Crippen LogP contribution in [0.4, 0.5) is 11.5 Å². The van der Waals surface area contributed by atoms with Crippen LogP contribution in [0.3, 0.4) is 0 Å². The first kappa shape index (κ1) is 22.1. The summed E-state index contributed by atoms with van der Waals surface area (Å²) in [6, 6.07) is 13.1. The molecule has 1 aliphatic heterocycles. The third kappa shape index (κ3) is 4.87. The van der Waals surface area contributed by atoms with Gasteiger partial charge in [-0.05, 0) is 48.7 Å². The predicted octanol–water partition coefficient (Wildman–Crippen LogP) is 4.40. The molecular weight excluding hydrogens is 448 g/mol. The maximum absolute atomic E-state index is 13.0. The van der Waals surface area contributed by atoms with Crippen molar-refractivity contribution >= 4 is 46.7 Å². The SMILES string of the molecule is Cc1cc(C)cc(NC(=O)[C@H]2CC(=O)Nc3nc(SCc4ccccc4Cl)[nH]c(=O)c32)c1. The number of nitrogens with one attached hydrogen (secondary N) is 3. The molecule has 0 aliphatic carbocycles. The predicted molar refractivity (Wildman–Crippen MR) is 126 cm³/mol. The summed E-state index contributed by atoms with van der Waals surface area (Å²) in [5.41, 5.74) is 3.24. The van der Waals surface area contributed by atoms with Crippen LogP contribution in [0.25, 0.3) is 0 Å². The molecule has 9 heteroatoms. The van der Waals surface area contributed by atoms with E-state index in [-0.39, 0.29) is 23.7 Å². The van der Waals surface area contributed by atoms with Crippen molar-refractivity contribution in [3.8, 4) is 0 Å². The van der Waals surface area contributed by atoms with Crippen LogP contribution in [0.2, 0.25) is 5.02 Å². The Morgan fingerprint density at radius 2 is 1.91 bits per heavy atom. The molecule has 2 heterocycles. The van der Waals surface area contributed by atoms with Gasteiger partial charge in [0.25, 0.3) is 5.56 Å². The van der Waals surface area contributed by atoms with Crippen LogP contribution in [0.15, 0.2) is 52.4 Å². The highest BCUT2D eigenvalue weighted by molar-refractivity contribution is 7.98. The van der Waals surface area contributed by atoms with Gasteiger partial charge < -0.3 is 15.6 Å². The highest BCUT2D eigenvalue weighted by Gasteiger charge is 2.34. The van der Waals surface area contributed by atoms with Crippen LogP contribution in [-0.4, -0.2) is 21.8 Å². The van der Waals surface area contributed by atoms with Gasteiger partial charge in [-0.1, -0.05) is 47.6 Å². The van der Waals surface area contributed by atoms with Crippen molar-refractivity contribution in [2.45, 2.75) is 37.1 Å². The van der Waals surface area contributed by atoms with Gasteiger partial charge in [-0.3, -0.25) is 14.4 Å². The molecule has 0 bridgehead atoms. The first-order chi connectivity index (χ1) is 15.3. The van der Waals surface area contributed by atoms with E-state index in [4.69, 9.17) is 11.6 Å². The summed E-state index contributed by atoms with van der Waals surface area (Å²) in [6.07, 6.45) is -0.125. The van der Waals surface area contributed by atoms with E-state index >= 15 is 0 Å². The second-order valence-corrected chi connectivity index (χ2v) is 9.06. The van der Waals surface area contributed by atoms with Crippen molar-refractivity contribution in [1.29, 1.82) is 0 Å². The molecule has 0 unspecified atom stereocenters. The Morgan fingerprint density at radius 3 is 2.62 bits per heavy atom. The Labute approximate surface area is 194 Å². The van der Waals surface area contributed by atoms with Crippen molar-refractivity contribution in [3.05, 3.63) is 80.1 Å². The fraction of sp³-hybridized carbons (Fsp3) is 0.217. The minimum Gasteiger partial charge on any atom is -0.326 e. The summed E-state index contributed by atoms with van der Waals surface area (Å²) < 4.78 is 0. The molecule has 3 N–H and O–H groups in total. The average molecular weight is 469 g/mol. The lowest BCUT2D eigenvalue weighted by atomic mass is 9.92. The van der Waals surface area contributed by atoms with Crippen LogP contribution in [0.1, 0.15) is 34.6 Å². The van der Waals surface area contributed by atoms with Crippen LogP contribution in [-0.2, 0) is 15.3 Å². The number of hydrogen-bond donors (Lipinski definition) is 3. The first-order valence-electron chi connectivity index (χ1n) is 9.99. The average Bonchev–Trinajstić information content (AvgIpc) is 2.71. The van der Waals surface area contributed by atoms with Crippen LogP contribution >= 0.6 is 23.4 Å². The van der Waals surface area contributed by atoms with Gasteiger partial charge >= 0.3 is 0 Å². The number of fused-ring (bicyclic) bond motifs is 1. The lowest BCUT2D eigenvalue weighted by molar-refractivity contribution is -0.123. The van der Waals surface area contributed by atoms with E-state index in [1.165, 1.54) is 11.8 Å². The Kier molecular flexibility index (Phi) is 6.34. The van der Waals surface area contributed by atoms with Gasteiger partial charge in [0.2, 0.25) is 11.8 Å². The van der Waals surface area contributed by atoms with Crippen LogP contribution in [0, 0.1) is 13.8 Å². The highest BCUT2D eigenvalue weighted by atomic mass is 35.5. The molecule has 0 spiro atoms. The second-order valence-electron chi connectivity index (χ2n) is 7.68. The summed E-state index contributed by atoms with van der Waals surface area (Å²) in [6.45, 7) is 3.87. The minimum atomic E-state index is -0.932. The number of benzene rings is 2. The van der Waals surface area contributed by atoms with Crippen molar-refractivity contribution in [2.75, 3.05) is 10.6 Å². The molecule has 2 aromatic carbocycles. The van der Waals surface area contributed by atoms with E-state index in [1.54, 1.807) is 6.07 Å². The fourth-order valence-corrected chi connectivity index (χ4v) is 4.83. The van der Waals surface area contributed by atoms with Gasteiger partial charge in [0, 0.05) is 22.9 Å². The number of carbonyl (C=O) groups is 2. The minimum absolute atomic E-state index is 0.118. The first-order valence-corrected chi connectivity index (χ1v) is 11.4. The van der Waals surface area contributed by atoms with Gasteiger partial charge in [0.05, 0.1) is 11.5 Å². The number of halogens is 1. The molecular formula is C23H21ClN4O3S. The smallest absolute Gasteiger partial charge is 0.257 e. The number of carbonyl (C=O) groups excluding carboxylic acids is 2. The van der Waals surface area contributed by atoms with E-state index in [2.05, 4.69) is 20.6 Å². The standard InChI is InChI=1S/C23H21ClN4O3S/c1-12-7-13(2)9-15(8-12)25-21(30)16-10-18(29)26-20-19(16)22(31)28-23(27-20)32-11-14-5-3-4-6-17(14)24/h3-9,16H,10-11H2,1-2H3,(H,25,30)(H2,26,27,28,29,31)/t16-/m0/s1. The second kappa shape index (κ2) is 9.18. The van der Waals surface area contributed by atoms with Crippen molar-refractivity contribution in [1.82, 2.24) is 9.97 Å². The number of amides is 2. The number of rotatable bonds is 5. The molecule has 0 saturated heterocycles. The lowest BCUT2D eigenvalue weighted by Gasteiger charge is -2.23. The molecule has 3 aromatic rings. The molecule has 0 radical (unpaired) electrons. The normalized spacial score (nSPS) is 15.1. The Hall–Kier alpha value is -3.10. The van der Waals surface area contributed by atoms with E-state index in [0.29, 0.717) is 21.6 Å². The topological polar surface area (TPSA) is 104 Å². The summed E-state index contributed by atoms with van der Waals surface area (Å²) >= 11 is 7.48. The number of aromatic amines is 1. The van der Waals surface area contributed by atoms with Crippen molar-refractivity contribution < 1.29 is 9.59 Å². The third-order valence-corrected chi connectivity index (χ3v) is 6.35. The number of nitrogens with zero attached hydrogens (tertiary/aromatic N) is 1. The van der Waals surface area contributed by atoms with Crippen LogP contribution in [0.5, 0.6) is 0 Å². The molecule has 0 saturated carbocycles. The Balaban J connectivity index is 1.59. The number of hydrogen-bond acceptors (Lipinski definition) is 5. The van der Waals surface area contributed by atoms with Gasteiger partial charge in [-0.15, -0.1) is 0 Å². The molecule has 0 fully saturated rings. The molecule has 1 aromatic heterocycles. The van der Waals surface area contributed by atoms with E-state index in [9.17, 15) is 14.4 Å². The van der Waals surface area contributed by atoms with Gasteiger partial charge in [-0.25, -0.2) is 4.98 Å². The quantitative estimate of drug-likeness (QED) is 0.380. The monoisotopic (exact) mass is 468 g/mol. The Morgan fingerprint density at radius 1 is 1.19 bits per heavy atom. The van der Waals surface area contributed by atoms with E-state index in [1.807, 2.05) is 50.2 Å². The zero-order valence-electron chi connectivity index (χ0n) is 17.5. The summed E-state index contributed by atoms with van der Waals surface area (Å²) in [5.74, 6) is -1.11. The van der Waals surface area contributed by atoms with Gasteiger partial charge in [0.15, 0.2) is 5.16 Å². The van der Waals surface area contributed by atoms with Crippen LogP contribution < -0.4 is 16.2 Å². The number of aromatic nitrogens is 2. The zero-order valence-corrected chi connectivity index (χ0v) is 19.1. The summed E-state index contributed by atoms with van der Waals surface area (Å²) in [7, 11) is 0. The molecule has 2 amide bonds. The maximum Gasteiger partial charge on any atom is 0.257 e. The highest BCUT2D eigenvalue weighted by Crippen LogP contribution is 2.31. The number of anilines is 2. The maximum atomic E-state index is 13.0. The molecule has 164 valence electrons. The summed E-state index contributed by atoms with van der Waals surface area (Å²) in [5, 5.41) is 6.42. The van der Waals surface area contributed by atoms with Gasteiger partial charge in [0.1, 0.15) is 5.82 Å². The number of thioether (sulfide) groups is 1. The molecule has 1 atom stereocenters. The van der Waals surface area contributed by atoms with E-state index in [0.717, 1.165) is 16.7 Å². The molecule has 32 heavy (non-hydrogen) atoms. The molecule has 7 nitrogen and oxygen atoms in total. The fourth-order valence-electron chi connectivity index (χ4n) is 3.68. The zero-order chi connectivity index (χ0) is 22.8. The van der Waals surface area contributed by atoms with Gasteiger partial charge in [-0.2, -0.15) is 0 Å². The van der Waals surface area contributed by atoms with Crippen molar-refractivity contribution in [3.63, 3.8) is 0 Å². The lowest BCUT2D eigenvalue weighted by Crippen LogP contribution is -2.36. The largest absolute Gasteiger partial charge is 0.326 e. The summed E-state index contributed by atoms with van der Waals surface area (Å²) in [4.78, 5) is 45.3. The Bertz CT molecular complexity index is 1250. The molecule has 4 rings (SSSR count). The molecule has 1 aliphatic rings. The third-order valence-electron chi connectivity index (χ3n) is 5.06. The number of H-pyrrole nitrogens is 1. The number of aryl methyl sites for hydroxylation is 2. The van der Waals surface area contributed by atoms with Crippen molar-refractivity contribution in [2.24, 2.45) is 0 Å². The van der Waals surface area contributed by atoms with E-state index < -0.39 is 17.4 Å².